The molecule has 2 atom stereocenters. The van der Waals surface area contributed by atoms with E-state index in [2.05, 4.69) is 0 Å². The standard InChI is InChI=1S/C35H28N6O6/c42-30-20-26(47-22-23-10-4-1-5-11-23)16-17-28(30)31-27-18-19-36-32(43)38(24-12-6-2-7-13-24)34(45)40(36)29(27)21-37-33(44)39(35(46)41(31)37)25-14-8-3-9-15-25/h1-18,20,29,31,42H,19,21-22H2/t29-,31-/m1/s1. The molecule has 0 unspecified atom stereocenters. The molecule has 2 aromatic heterocycles. The van der Waals surface area contributed by atoms with E-state index in [1.807, 2.05) is 30.3 Å². The number of hydrogen-bond donors (Lipinski definition) is 1. The minimum atomic E-state index is -0.974. The van der Waals surface area contributed by atoms with Crippen LogP contribution in [0, 0.1) is 0 Å². The average molecular weight is 629 g/mol. The van der Waals surface area contributed by atoms with Crippen molar-refractivity contribution in [3.05, 3.63) is 174 Å². The molecular formula is C35H28N6O6. The largest absolute Gasteiger partial charge is 0.507 e. The van der Waals surface area contributed by atoms with Gasteiger partial charge in [0.1, 0.15) is 24.1 Å². The fraction of sp³-hybridized carbons (Fsp3) is 0.143. The fourth-order valence-corrected chi connectivity index (χ4v) is 6.62. The van der Waals surface area contributed by atoms with Gasteiger partial charge in [-0.3, -0.25) is 0 Å². The average Bonchev–Trinajstić information content (AvgIpc) is 3.51. The molecule has 0 radical (unpaired) electrons. The van der Waals surface area contributed by atoms with Crippen LogP contribution in [0.5, 0.6) is 11.5 Å². The van der Waals surface area contributed by atoms with E-state index in [4.69, 9.17) is 4.74 Å². The lowest BCUT2D eigenvalue weighted by Gasteiger charge is -2.37. The molecule has 1 N–H and O–H groups in total. The van der Waals surface area contributed by atoms with Crippen LogP contribution in [0.25, 0.3) is 11.4 Å². The van der Waals surface area contributed by atoms with Crippen molar-refractivity contribution in [2.75, 3.05) is 0 Å². The number of phenolic OH excluding ortho intramolecular Hbond substituents is 1. The molecule has 4 heterocycles. The Morgan fingerprint density at radius 3 is 1.85 bits per heavy atom. The van der Waals surface area contributed by atoms with Gasteiger partial charge in [-0.2, -0.15) is 0 Å². The van der Waals surface area contributed by atoms with E-state index < -0.39 is 34.8 Å². The van der Waals surface area contributed by atoms with Crippen LogP contribution >= 0.6 is 0 Å². The minimum Gasteiger partial charge on any atom is -0.507 e. The summed E-state index contributed by atoms with van der Waals surface area (Å²) in [4.78, 5) is 55.6. The first-order chi connectivity index (χ1) is 22.9. The molecule has 0 spiro atoms. The molecule has 8 rings (SSSR count). The van der Waals surface area contributed by atoms with E-state index in [1.54, 1.807) is 78.9 Å². The fourth-order valence-electron chi connectivity index (χ4n) is 6.62. The highest BCUT2D eigenvalue weighted by atomic mass is 16.5. The van der Waals surface area contributed by atoms with Gasteiger partial charge >= 0.3 is 22.8 Å². The van der Waals surface area contributed by atoms with Gasteiger partial charge in [-0.1, -0.05) is 72.8 Å². The molecule has 12 heteroatoms. The second-order valence-corrected chi connectivity index (χ2v) is 11.4. The van der Waals surface area contributed by atoms with Crippen molar-refractivity contribution in [2.45, 2.75) is 31.8 Å². The summed E-state index contributed by atoms with van der Waals surface area (Å²) in [5, 5.41) is 11.4. The zero-order valence-corrected chi connectivity index (χ0v) is 24.9. The number of nitrogens with zero attached hydrogens (tertiary/aromatic N) is 6. The smallest absolute Gasteiger partial charge is 0.352 e. The molecule has 0 fully saturated rings. The molecule has 0 aliphatic carbocycles. The van der Waals surface area contributed by atoms with Crippen molar-refractivity contribution in [3.63, 3.8) is 0 Å². The number of aromatic hydroxyl groups is 1. The Balaban J connectivity index is 1.29. The normalized spacial score (nSPS) is 16.6. The van der Waals surface area contributed by atoms with Crippen molar-refractivity contribution in [2.24, 2.45) is 0 Å². The third-order valence-corrected chi connectivity index (χ3v) is 8.78. The van der Waals surface area contributed by atoms with Gasteiger partial charge in [-0.05, 0) is 47.5 Å². The number of rotatable bonds is 6. The van der Waals surface area contributed by atoms with Gasteiger partial charge in [0, 0.05) is 11.6 Å². The van der Waals surface area contributed by atoms with Crippen molar-refractivity contribution in [3.8, 4) is 22.9 Å². The van der Waals surface area contributed by atoms with Crippen LogP contribution in [-0.2, 0) is 19.7 Å². The molecule has 47 heavy (non-hydrogen) atoms. The van der Waals surface area contributed by atoms with Gasteiger partial charge in [0.05, 0.1) is 30.5 Å². The molecule has 6 aromatic rings. The maximum atomic E-state index is 14.1. The second kappa shape index (κ2) is 10.9. The lowest BCUT2D eigenvalue weighted by Crippen LogP contribution is -2.47. The topological polar surface area (TPSA) is 127 Å². The first-order valence-corrected chi connectivity index (χ1v) is 15.1. The van der Waals surface area contributed by atoms with Crippen LogP contribution in [0.2, 0.25) is 0 Å². The lowest BCUT2D eigenvalue weighted by atomic mass is 9.89. The SMILES string of the molecule is O=c1n(-c2ccccc2)c(=O)n2n1CC=C1[C@H]2Cn2c(=O)n(-c3ccccc3)c(=O)n2[C@H]1c1ccc(OCc2ccccc2)cc1O. The summed E-state index contributed by atoms with van der Waals surface area (Å²) in [6, 6.07) is 29.8. The second-order valence-electron chi connectivity index (χ2n) is 11.4. The van der Waals surface area contributed by atoms with Crippen LogP contribution in [0.1, 0.15) is 23.2 Å². The number of aromatic nitrogens is 6. The summed E-state index contributed by atoms with van der Waals surface area (Å²) in [6.07, 6.45) is 1.80. The summed E-state index contributed by atoms with van der Waals surface area (Å²) in [7, 11) is 0. The Morgan fingerprint density at radius 1 is 0.660 bits per heavy atom. The Kier molecular flexibility index (Phi) is 6.57. The molecule has 0 bridgehead atoms. The van der Waals surface area contributed by atoms with Gasteiger partial charge in [0.25, 0.3) is 0 Å². The monoisotopic (exact) mass is 628 g/mol. The molecule has 0 saturated carbocycles. The molecular weight excluding hydrogens is 600 g/mol. The number of ether oxygens (including phenoxy) is 1. The van der Waals surface area contributed by atoms with E-state index in [1.165, 1.54) is 24.8 Å². The predicted octanol–water partition coefficient (Wildman–Crippen LogP) is 2.98. The van der Waals surface area contributed by atoms with Gasteiger partial charge < -0.3 is 9.84 Å². The predicted molar refractivity (Wildman–Crippen MR) is 173 cm³/mol. The van der Waals surface area contributed by atoms with Crippen molar-refractivity contribution >= 4 is 0 Å². The molecule has 4 aromatic carbocycles. The van der Waals surface area contributed by atoms with E-state index in [0.29, 0.717) is 28.3 Å². The van der Waals surface area contributed by atoms with Gasteiger partial charge in [-0.25, -0.2) is 47.0 Å². The number of para-hydroxylation sites is 2. The number of hydrogen-bond acceptors (Lipinski definition) is 6. The summed E-state index contributed by atoms with van der Waals surface area (Å²) in [6.45, 7) is 0.245. The highest BCUT2D eigenvalue weighted by Gasteiger charge is 2.42. The van der Waals surface area contributed by atoms with Crippen molar-refractivity contribution in [1.29, 1.82) is 0 Å². The van der Waals surface area contributed by atoms with Gasteiger partial charge in [0.15, 0.2) is 0 Å². The van der Waals surface area contributed by atoms with Crippen LogP contribution in [0.4, 0.5) is 0 Å². The Labute approximate surface area is 266 Å². The van der Waals surface area contributed by atoms with Crippen LogP contribution in [-0.4, -0.2) is 33.0 Å². The van der Waals surface area contributed by atoms with Crippen LogP contribution < -0.4 is 27.5 Å². The third kappa shape index (κ3) is 4.44. The van der Waals surface area contributed by atoms with Gasteiger partial charge in [-0.15, -0.1) is 0 Å². The molecule has 0 saturated heterocycles. The summed E-state index contributed by atoms with van der Waals surface area (Å²) in [5.74, 6) is 0.259. The van der Waals surface area contributed by atoms with Crippen molar-refractivity contribution in [1.82, 2.24) is 27.9 Å². The quantitative estimate of drug-likeness (QED) is 0.283. The molecule has 0 amide bonds. The summed E-state index contributed by atoms with van der Waals surface area (Å²) in [5.41, 5.74) is 0.371. The maximum absolute atomic E-state index is 14.1. The van der Waals surface area contributed by atoms with E-state index >= 15 is 0 Å². The molecule has 2 aliphatic rings. The van der Waals surface area contributed by atoms with Crippen LogP contribution in [0.15, 0.2) is 140 Å². The van der Waals surface area contributed by atoms with E-state index in [-0.39, 0.29) is 25.4 Å². The number of benzene rings is 4. The molecule has 234 valence electrons. The van der Waals surface area contributed by atoms with E-state index in [0.717, 1.165) is 14.7 Å². The first kappa shape index (κ1) is 28.2. The number of phenols is 1. The highest BCUT2D eigenvalue weighted by Crippen LogP contribution is 2.42. The highest BCUT2D eigenvalue weighted by molar-refractivity contribution is 5.46. The Bertz CT molecular complexity index is 2410. The molecule has 2 aliphatic heterocycles. The minimum absolute atomic E-state index is 0.0493. The summed E-state index contributed by atoms with van der Waals surface area (Å²) >= 11 is 0. The first-order valence-electron chi connectivity index (χ1n) is 15.1. The van der Waals surface area contributed by atoms with Crippen LogP contribution in [0.3, 0.4) is 0 Å². The van der Waals surface area contributed by atoms with Crippen molar-refractivity contribution < 1.29 is 9.84 Å². The van der Waals surface area contributed by atoms with Gasteiger partial charge in [0.2, 0.25) is 0 Å². The zero-order chi connectivity index (χ0) is 32.2. The summed E-state index contributed by atoms with van der Waals surface area (Å²) < 4.78 is 13.4. The maximum Gasteiger partial charge on any atom is 0.352 e. The Hall–Kier alpha value is -6.30. The number of fused-ring (bicyclic) bond motifs is 4. The zero-order valence-electron chi connectivity index (χ0n) is 24.9. The Morgan fingerprint density at radius 2 is 1.23 bits per heavy atom. The number of allylic oxidation sites excluding steroid dienone is 2. The third-order valence-electron chi connectivity index (χ3n) is 8.78. The lowest BCUT2D eigenvalue weighted by molar-refractivity contribution is 0.243. The molecule has 12 nitrogen and oxygen atoms in total. The van der Waals surface area contributed by atoms with E-state index in [9.17, 15) is 24.3 Å².